The van der Waals surface area contributed by atoms with E-state index in [1.165, 1.54) is 16.7 Å². The first-order valence-corrected chi connectivity index (χ1v) is 6.06. The summed E-state index contributed by atoms with van der Waals surface area (Å²) in [6.45, 7) is 13.6. The highest BCUT2D eigenvalue weighted by Crippen LogP contribution is 2.26. The second-order valence-corrected chi connectivity index (χ2v) is 5.40. The van der Waals surface area contributed by atoms with Crippen LogP contribution in [0.25, 0.3) is 0 Å². The molecule has 0 unspecified atom stereocenters. The van der Waals surface area contributed by atoms with Gasteiger partial charge in [-0.1, -0.05) is 73.2 Å². The van der Waals surface area contributed by atoms with Crippen LogP contribution in [0.15, 0.2) is 18.2 Å². The molecule has 0 radical (unpaired) electrons. The molecule has 0 fully saturated rings. The summed E-state index contributed by atoms with van der Waals surface area (Å²) in [6.07, 6.45) is 0. The molecule has 0 saturated heterocycles. The van der Waals surface area contributed by atoms with Crippen LogP contribution in [-0.2, 0) is 13.5 Å². The SMILES string of the molecule is CC(C)c1cc(C(C)C)cc(C(C)C)c1.[Cl-].[SH3+]. The Hall–Kier alpha value is -0.140. The minimum atomic E-state index is 0. The molecule has 2 heteroatoms. The Kier molecular flexibility index (Phi) is 9.09. The number of rotatable bonds is 3. The Balaban J connectivity index is 0. The normalized spacial score (nSPS) is 10.4. The summed E-state index contributed by atoms with van der Waals surface area (Å²) in [5.41, 5.74) is 4.43. The number of halogens is 1. The molecule has 0 aromatic heterocycles. The molecule has 0 aliphatic heterocycles. The molecular formula is C15H27ClS. The largest absolute Gasteiger partial charge is 1.00 e. The third-order valence-corrected chi connectivity index (χ3v) is 3.00. The van der Waals surface area contributed by atoms with E-state index >= 15 is 0 Å². The fourth-order valence-corrected chi connectivity index (χ4v) is 1.70. The van der Waals surface area contributed by atoms with E-state index in [-0.39, 0.29) is 25.9 Å². The van der Waals surface area contributed by atoms with E-state index in [4.69, 9.17) is 0 Å². The van der Waals surface area contributed by atoms with Crippen LogP contribution in [0.4, 0.5) is 0 Å². The third kappa shape index (κ3) is 5.35. The van der Waals surface area contributed by atoms with Gasteiger partial charge in [0, 0.05) is 0 Å². The lowest BCUT2D eigenvalue weighted by molar-refractivity contribution is -0.00000371. The average Bonchev–Trinajstić information content (AvgIpc) is 2.16. The Bertz CT molecular complexity index is 265. The molecule has 0 saturated carbocycles. The summed E-state index contributed by atoms with van der Waals surface area (Å²) in [7, 11) is 0. The minimum Gasteiger partial charge on any atom is -1.00 e. The third-order valence-electron chi connectivity index (χ3n) is 3.00. The molecule has 0 heterocycles. The monoisotopic (exact) mass is 274 g/mol. The van der Waals surface area contributed by atoms with E-state index in [2.05, 4.69) is 59.7 Å². The maximum atomic E-state index is 2.36. The van der Waals surface area contributed by atoms with Crippen molar-refractivity contribution in [2.75, 3.05) is 0 Å². The van der Waals surface area contributed by atoms with Gasteiger partial charge in [-0.3, -0.25) is 0 Å². The Morgan fingerprint density at radius 1 is 0.588 bits per heavy atom. The molecule has 0 amide bonds. The van der Waals surface area contributed by atoms with Crippen molar-refractivity contribution in [2.45, 2.75) is 59.3 Å². The first-order valence-electron chi connectivity index (χ1n) is 6.06. The van der Waals surface area contributed by atoms with Crippen LogP contribution in [0.5, 0.6) is 0 Å². The predicted octanol–water partition coefficient (Wildman–Crippen LogP) is 1.26. The topological polar surface area (TPSA) is 0 Å². The molecule has 1 rings (SSSR count). The van der Waals surface area contributed by atoms with E-state index in [0.717, 1.165) is 0 Å². The van der Waals surface area contributed by atoms with Crippen molar-refractivity contribution in [3.05, 3.63) is 34.9 Å². The molecule has 1 aromatic rings. The molecule has 1 aromatic carbocycles. The van der Waals surface area contributed by atoms with E-state index in [1.807, 2.05) is 0 Å². The molecule has 0 spiro atoms. The fraction of sp³-hybridized carbons (Fsp3) is 0.600. The quantitative estimate of drug-likeness (QED) is 0.728. The molecule has 100 valence electrons. The van der Waals surface area contributed by atoms with Gasteiger partial charge in [-0.2, -0.15) is 0 Å². The van der Waals surface area contributed by atoms with Crippen LogP contribution in [-0.4, -0.2) is 0 Å². The standard InChI is InChI=1S/C15H24.ClH.H2S/c1-10(2)13-7-14(11(3)4)9-15(8-13)12(5)6;;/h7-12H,1-6H3;1H;1H2. The maximum Gasteiger partial charge on any atom is -0.0219 e. The second kappa shape index (κ2) is 8.05. The lowest BCUT2D eigenvalue weighted by Crippen LogP contribution is -3.00. The Labute approximate surface area is 120 Å². The van der Waals surface area contributed by atoms with Crippen LogP contribution in [0.1, 0.15) is 76.0 Å². The molecule has 0 bridgehead atoms. The number of hydrogen-bond donors (Lipinski definition) is 0. The lowest BCUT2D eigenvalue weighted by atomic mass is 9.90. The first-order chi connectivity index (χ1) is 6.91. The summed E-state index contributed by atoms with van der Waals surface area (Å²) < 4.78 is 0. The van der Waals surface area contributed by atoms with Gasteiger partial charge in [-0.25, -0.2) is 0 Å². The van der Waals surface area contributed by atoms with Crippen LogP contribution in [0, 0.1) is 0 Å². The van der Waals surface area contributed by atoms with E-state index in [9.17, 15) is 0 Å². The number of benzene rings is 1. The van der Waals surface area contributed by atoms with Gasteiger partial charge >= 0.3 is 0 Å². The summed E-state index contributed by atoms with van der Waals surface area (Å²) in [5, 5.41) is 0. The van der Waals surface area contributed by atoms with Crippen molar-refractivity contribution in [2.24, 2.45) is 0 Å². The molecule has 0 aliphatic carbocycles. The van der Waals surface area contributed by atoms with Gasteiger partial charge in [0.25, 0.3) is 0 Å². The van der Waals surface area contributed by atoms with E-state index in [1.54, 1.807) is 0 Å². The zero-order valence-corrected chi connectivity index (χ0v) is 13.8. The van der Waals surface area contributed by atoms with E-state index < -0.39 is 0 Å². The Morgan fingerprint density at radius 2 is 0.765 bits per heavy atom. The van der Waals surface area contributed by atoms with Crippen LogP contribution >= 0.6 is 0 Å². The summed E-state index contributed by atoms with van der Waals surface area (Å²) >= 11 is 0. The fourth-order valence-electron chi connectivity index (χ4n) is 1.70. The van der Waals surface area contributed by atoms with Gasteiger partial charge in [-0.15, -0.1) is 0 Å². The molecule has 0 nitrogen and oxygen atoms in total. The molecule has 0 N–H and O–H groups in total. The molecule has 0 atom stereocenters. The summed E-state index contributed by atoms with van der Waals surface area (Å²) in [4.78, 5) is 0. The smallest absolute Gasteiger partial charge is 0.0219 e. The maximum absolute atomic E-state index is 2.36. The van der Waals surface area contributed by atoms with Crippen LogP contribution in [0.2, 0.25) is 0 Å². The number of hydrogen-bond acceptors (Lipinski definition) is 0. The van der Waals surface area contributed by atoms with Crippen molar-refractivity contribution in [1.82, 2.24) is 0 Å². The lowest BCUT2D eigenvalue weighted by Gasteiger charge is -2.16. The first kappa shape index (κ1) is 19.2. The average molecular weight is 275 g/mol. The molecule has 17 heavy (non-hydrogen) atoms. The van der Waals surface area contributed by atoms with Crippen LogP contribution in [0.3, 0.4) is 0 Å². The molecule has 0 aliphatic rings. The summed E-state index contributed by atoms with van der Waals surface area (Å²) in [6, 6.07) is 7.09. The van der Waals surface area contributed by atoms with Gasteiger partial charge in [0.15, 0.2) is 0 Å². The minimum absolute atomic E-state index is 0. The van der Waals surface area contributed by atoms with Gasteiger partial charge in [0.1, 0.15) is 0 Å². The highest BCUT2D eigenvalue weighted by molar-refractivity contribution is 7.37. The van der Waals surface area contributed by atoms with Crippen LogP contribution < -0.4 is 12.4 Å². The highest BCUT2D eigenvalue weighted by Gasteiger charge is 2.08. The zero-order valence-electron chi connectivity index (χ0n) is 11.9. The van der Waals surface area contributed by atoms with E-state index in [0.29, 0.717) is 17.8 Å². The van der Waals surface area contributed by atoms with Gasteiger partial charge < -0.3 is 12.4 Å². The predicted molar refractivity (Wildman–Crippen MR) is 80.3 cm³/mol. The van der Waals surface area contributed by atoms with Crippen molar-refractivity contribution in [1.29, 1.82) is 0 Å². The summed E-state index contributed by atoms with van der Waals surface area (Å²) in [5.74, 6) is 1.88. The van der Waals surface area contributed by atoms with Gasteiger partial charge in [0.2, 0.25) is 0 Å². The highest BCUT2D eigenvalue weighted by atomic mass is 35.5. The van der Waals surface area contributed by atoms with Gasteiger partial charge in [-0.05, 0) is 34.4 Å². The van der Waals surface area contributed by atoms with Crippen molar-refractivity contribution in [3.63, 3.8) is 0 Å². The zero-order chi connectivity index (χ0) is 11.6. The second-order valence-electron chi connectivity index (χ2n) is 5.40. The van der Waals surface area contributed by atoms with Gasteiger partial charge in [0.05, 0.1) is 0 Å². The Morgan fingerprint density at radius 3 is 0.882 bits per heavy atom. The van der Waals surface area contributed by atoms with Crippen molar-refractivity contribution in [3.8, 4) is 0 Å². The molecular weight excluding hydrogens is 248 g/mol. The van der Waals surface area contributed by atoms with Crippen molar-refractivity contribution < 1.29 is 12.4 Å². The van der Waals surface area contributed by atoms with Crippen molar-refractivity contribution >= 4 is 13.5 Å².